The van der Waals surface area contributed by atoms with Crippen LogP contribution in [0, 0.1) is 11.3 Å². The largest absolute Gasteiger partial charge is 0.462 e. The molecule has 0 bridgehead atoms. The molecular formula is C14H13N3O2S. The quantitative estimate of drug-likeness (QED) is 0.522. The van der Waals surface area contributed by atoms with Gasteiger partial charge in [0.05, 0.1) is 6.61 Å². The molecule has 5 nitrogen and oxygen atoms in total. The van der Waals surface area contributed by atoms with Crippen LogP contribution in [0.5, 0.6) is 0 Å². The number of ether oxygens (including phenoxy) is 1. The first-order valence-corrected chi connectivity index (χ1v) is 6.86. The first-order chi connectivity index (χ1) is 9.69. The van der Waals surface area contributed by atoms with Crippen LogP contribution >= 0.6 is 11.8 Å². The molecule has 102 valence electrons. The van der Waals surface area contributed by atoms with E-state index in [0.29, 0.717) is 10.9 Å². The highest BCUT2D eigenvalue weighted by Crippen LogP contribution is 2.38. The predicted molar refractivity (Wildman–Crippen MR) is 78.1 cm³/mol. The number of thioether (sulfide) groups is 1. The third-order valence-electron chi connectivity index (χ3n) is 2.57. The Labute approximate surface area is 121 Å². The lowest BCUT2D eigenvalue weighted by molar-refractivity contribution is -0.138. The van der Waals surface area contributed by atoms with Crippen molar-refractivity contribution in [1.29, 1.82) is 5.26 Å². The average Bonchev–Trinajstić information content (AvgIpc) is 2.83. The van der Waals surface area contributed by atoms with Gasteiger partial charge in [-0.1, -0.05) is 30.0 Å². The summed E-state index contributed by atoms with van der Waals surface area (Å²) in [6.07, 6.45) is 0. The molecule has 0 unspecified atom stereocenters. The average molecular weight is 287 g/mol. The number of hydrogen-bond acceptors (Lipinski definition) is 6. The second-order valence-corrected chi connectivity index (χ2v) is 4.70. The van der Waals surface area contributed by atoms with Gasteiger partial charge in [0.2, 0.25) is 0 Å². The molecule has 1 aliphatic rings. The third-order valence-corrected chi connectivity index (χ3v) is 3.54. The highest BCUT2D eigenvalue weighted by atomic mass is 32.2. The number of anilines is 1. The van der Waals surface area contributed by atoms with E-state index >= 15 is 0 Å². The number of nitriles is 1. The van der Waals surface area contributed by atoms with Crippen LogP contribution in [-0.4, -0.2) is 12.6 Å². The van der Waals surface area contributed by atoms with E-state index in [0.717, 1.165) is 5.69 Å². The second-order valence-electron chi connectivity index (χ2n) is 3.84. The van der Waals surface area contributed by atoms with Gasteiger partial charge in [-0.25, -0.2) is 4.79 Å². The molecule has 0 fully saturated rings. The van der Waals surface area contributed by atoms with Gasteiger partial charge in [-0.15, -0.1) is 0 Å². The Bertz CT molecular complexity index is 617. The van der Waals surface area contributed by atoms with Gasteiger partial charge < -0.3 is 10.5 Å². The molecule has 0 saturated heterocycles. The van der Waals surface area contributed by atoms with Crippen LogP contribution in [0.1, 0.15) is 6.92 Å². The minimum atomic E-state index is -0.637. The van der Waals surface area contributed by atoms with Crippen molar-refractivity contribution in [3.05, 3.63) is 52.2 Å². The maximum Gasteiger partial charge on any atom is 0.351 e. The summed E-state index contributed by atoms with van der Waals surface area (Å²) in [7, 11) is 0. The molecule has 0 aliphatic carbocycles. The summed E-state index contributed by atoms with van der Waals surface area (Å²) in [5.74, 6) is -0.172. The fourth-order valence-electron chi connectivity index (χ4n) is 1.74. The van der Waals surface area contributed by atoms with Crippen LogP contribution in [0.15, 0.2) is 52.2 Å². The van der Waals surface area contributed by atoms with Gasteiger partial charge in [0.15, 0.2) is 5.57 Å². The number of esters is 1. The summed E-state index contributed by atoms with van der Waals surface area (Å²) in [6, 6.07) is 11.2. The first kappa shape index (κ1) is 14.0. The molecule has 2 rings (SSSR count). The van der Waals surface area contributed by atoms with E-state index < -0.39 is 5.97 Å². The van der Waals surface area contributed by atoms with Gasteiger partial charge in [-0.05, 0) is 19.1 Å². The Morgan fingerprint density at radius 2 is 2.15 bits per heavy atom. The highest BCUT2D eigenvalue weighted by molar-refractivity contribution is 8.06. The van der Waals surface area contributed by atoms with Crippen LogP contribution in [0.25, 0.3) is 0 Å². The summed E-state index contributed by atoms with van der Waals surface area (Å²) >= 11 is 1.24. The van der Waals surface area contributed by atoms with E-state index in [-0.39, 0.29) is 12.2 Å². The molecule has 0 amide bonds. The van der Waals surface area contributed by atoms with Crippen molar-refractivity contribution in [2.24, 2.45) is 5.73 Å². The van der Waals surface area contributed by atoms with E-state index in [1.165, 1.54) is 11.8 Å². The van der Waals surface area contributed by atoms with Gasteiger partial charge in [0.1, 0.15) is 16.9 Å². The van der Waals surface area contributed by atoms with Crippen molar-refractivity contribution < 1.29 is 9.53 Å². The number of nitrogens with zero attached hydrogens (tertiary/aromatic N) is 2. The van der Waals surface area contributed by atoms with Gasteiger partial charge >= 0.3 is 5.97 Å². The maximum absolute atomic E-state index is 11.8. The molecular weight excluding hydrogens is 274 g/mol. The molecule has 20 heavy (non-hydrogen) atoms. The van der Waals surface area contributed by atoms with Gasteiger partial charge in [0.25, 0.3) is 0 Å². The van der Waals surface area contributed by atoms with Crippen LogP contribution in [0.4, 0.5) is 5.69 Å². The summed E-state index contributed by atoms with van der Waals surface area (Å²) in [6.45, 7) is 1.91. The van der Waals surface area contributed by atoms with Crippen molar-refractivity contribution >= 4 is 23.4 Å². The molecule has 1 aromatic rings. The molecule has 1 heterocycles. The molecule has 2 N–H and O–H groups in total. The normalized spacial score (nSPS) is 16.4. The van der Waals surface area contributed by atoms with Crippen molar-refractivity contribution in [3.63, 3.8) is 0 Å². The van der Waals surface area contributed by atoms with Crippen molar-refractivity contribution in [1.82, 2.24) is 0 Å². The summed E-state index contributed by atoms with van der Waals surface area (Å²) in [4.78, 5) is 13.5. The zero-order chi connectivity index (χ0) is 14.5. The number of benzene rings is 1. The smallest absolute Gasteiger partial charge is 0.351 e. The number of para-hydroxylation sites is 1. The lowest BCUT2D eigenvalue weighted by atomic mass is 10.2. The molecule has 6 heteroatoms. The molecule has 1 aliphatic heterocycles. The number of carbonyl (C=O) groups excluding carboxylic acids is 1. The predicted octanol–water partition coefficient (Wildman–Crippen LogP) is 2.30. The fourth-order valence-corrected chi connectivity index (χ4v) is 2.64. The number of nitrogens with two attached hydrogens (primary N) is 1. The monoisotopic (exact) mass is 287 g/mol. The van der Waals surface area contributed by atoms with Crippen LogP contribution in [0.2, 0.25) is 0 Å². The Kier molecular flexibility index (Phi) is 4.33. The van der Waals surface area contributed by atoms with Crippen LogP contribution in [0.3, 0.4) is 0 Å². The lowest BCUT2D eigenvalue weighted by Gasteiger charge is -2.21. The van der Waals surface area contributed by atoms with Crippen molar-refractivity contribution in [2.75, 3.05) is 11.5 Å². The molecule has 0 aromatic heterocycles. The Balaban J connectivity index is 2.46. The van der Waals surface area contributed by atoms with E-state index in [9.17, 15) is 10.1 Å². The molecule has 0 atom stereocenters. The van der Waals surface area contributed by atoms with Crippen LogP contribution < -0.4 is 10.6 Å². The standard InChI is InChI=1S/C14H13N3O2S/c1-2-19-14(18)11(8-15)13-17(12(16)9-20-13)10-6-4-3-5-7-10/h3-7,9H,2,16H2,1H3/b13-11+. The van der Waals surface area contributed by atoms with E-state index in [2.05, 4.69) is 0 Å². The maximum atomic E-state index is 11.8. The van der Waals surface area contributed by atoms with E-state index in [4.69, 9.17) is 10.5 Å². The molecule has 0 radical (unpaired) electrons. The van der Waals surface area contributed by atoms with Gasteiger partial charge in [0, 0.05) is 11.1 Å². The van der Waals surface area contributed by atoms with Crippen LogP contribution in [-0.2, 0) is 9.53 Å². The Morgan fingerprint density at radius 1 is 1.45 bits per heavy atom. The second kappa shape index (κ2) is 6.17. The first-order valence-electron chi connectivity index (χ1n) is 5.98. The Morgan fingerprint density at radius 3 is 2.75 bits per heavy atom. The number of hydrogen-bond donors (Lipinski definition) is 1. The van der Waals surface area contributed by atoms with Gasteiger partial charge in [-0.2, -0.15) is 5.26 Å². The van der Waals surface area contributed by atoms with Gasteiger partial charge in [-0.3, -0.25) is 4.90 Å². The zero-order valence-corrected chi connectivity index (χ0v) is 11.7. The van der Waals surface area contributed by atoms with E-state index in [1.807, 2.05) is 36.4 Å². The third kappa shape index (κ3) is 2.63. The number of rotatable bonds is 3. The lowest BCUT2D eigenvalue weighted by Crippen LogP contribution is -2.24. The van der Waals surface area contributed by atoms with E-state index in [1.54, 1.807) is 17.2 Å². The Hall–Kier alpha value is -2.39. The molecule has 0 spiro atoms. The molecule has 0 saturated carbocycles. The summed E-state index contributed by atoms with van der Waals surface area (Å²) < 4.78 is 4.90. The SMILES string of the molecule is CCOC(=O)/C(C#N)=C1/SC=C(N)N1c1ccccc1. The fraction of sp³-hybridized carbons (Fsp3) is 0.143. The number of carbonyl (C=O) groups is 1. The van der Waals surface area contributed by atoms with Crippen molar-refractivity contribution in [2.45, 2.75) is 6.92 Å². The highest BCUT2D eigenvalue weighted by Gasteiger charge is 2.28. The summed E-state index contributed by atoms with van der Waals surface area (Å²) in [5, 5.41) is 11.4. The summed E-state index contributed by atoms with van der Waals surface area (Å²) in [5.41, 5.74) is 6.68. The topological polar surface area (TPSA) is 79.3 Å². The minimum absolute atomic E-state index is 0.0441. The zero-order valence-electron chi connectivity index (χ0n) is 10.9. The molecule has 1 aromatic carbocycles. The minimum Gasteiger partial charge on any atom is -0.462 e. The van der Waals surface area contributed by atoms with Crippen molar-refractivity contribution in [3.8, 4) is 6.07 Å².